The summed E-state index contributed by atoms with van der Waals surface area (Å²) in [5.74, 6) is -0.896. The Bertz CT molecular complexity index is 1290. The minimum absolute atomic E-state index is 0.0510. The van der Waals surface area contributed by atoms with Crippen LogP contribution in [0.1, 0.15) is 16.7 Å². The zero-order valence-corrected chi connectivity index (χ0v) is 18.2. The van der Waals surface area contributed by atoms with E-state index in [0.717, 1.165) is 22.9 Å². The molecule has 8 heteroatoms. The first kappa shape index (κ1) is 21.0. The van der Waals surface area contributed by atoms with Crippen LogP contribution >= 0.6 is 0 Å². The first-order chi connectivity index (χ1) is 16.2. The number of Topliss-reactive ketones (excluding diaryl/α,β-unsaturated/α-hetero) is 1. The van der Waals surface area contributed by atoms with Crippen LogP contribution in [0.4, 0.5) is 0 Å². The lowest BCUT2D eigenvalue weighted by Gasteiger charge is -2.30. The van der Waals surface area contributed by atoms with Crippen molar-refractivity contribution in [3.8, 4) is 0 Å². The zero-order chi connectivity index (χ0) is 22.8. The molecule has 0 amide bonds. The van der Waals surface area contributed by atoms with Crippen molar-refractivity contribution in [1.82, 2.24) is 14.9 Å². The minimum Gasteiger partial charge on any atom is -0.459 e. The lowest BCUT2D eigenvalue weighted by atomic mass is 10.00. The maximum Gasteiger partial charge on any atom is 0.347 e. The molecule has 0 bridgehead atoms. The van der Waals surface area contributed by atoms with Crippen molar-refractivity contribution in [2.45, 2.75) is 13.0 Å². The number of fused-ring (bicyclic) bond motifs is 2. The number of allylic oxidation sites excluding steroid dienone is 1. The number of aromatic amines is 1. The van der Waals surface area contributed by atoms with Crippen molar-refractivity contribution in [2.75, 3.05) is 26.9 Å². The number of esters is 1. The molecular formula is C25H23N3O5. The molecule has 2 aliphatic rings. The summed E-state index contributed by atoms with van der Waals surface area (Å²) in [5.41, 5.74) is 3.76. The summed E-state index contributed by atoms with van der Waals surface area (Å²) in [7, 11) is 1.52. The average molecular weight is 445 g/mol. The third-order valence-corrected chi connectivity index (χ3v) is 5.78. The molecule has 5 rings (SSSR count). The average Bonchev–Trinajstić information content (AvgIpc) is 3.40. The van der Waals surface area contributed by atoms with Gasteiger partial charge in [0.15, 0.2) is 11.3 Å². The molecule has 0 aliphatic carbocycles. The SMILES string of the molecule is COCCOC(=O)C1=C(N2CCc3ccccc3C2)O/C(=C\c2c[nH]c3ncccc23)C1=O. The van der Waals surface area contributed by atoms with E-state index in [1.54, 1.807) is 18.5 Å². The Kier molecular flexibility index (Phi) is 5.66. The number of carbonyl (C=O) groups is 2. The molecule has 1 aromatic carbocycles. The van der Waals surface area contributed by atoms with E-state index in [9.17, 15) is 9.59 Å². The predicted molar refractivity (Wildman–Crippen MR) is 121 cm³/mol. The minimum atomic E-state index is -0.713. The van der Waals surface area contributed by atoms with Gasteiger partial charge in [-0.1, -0.05) is 24.3 Å². The van der Waals surface area contributed by atoms with Gasteiger partial charge >= 0.3 is 5.97 Å². The van der Waals surface area contributed by atoms with E-state index < -0.39 is 11.8 Å². The van der Waals surface area contributed by atoms with Crippen LogP contribution in [0.5, 0.6) is 0 Å². The van der Waals surface area contributed by atoms with E-state index in [1.807, 2.05) is 35.2 Å². The van der Waals surface area contributed by atoms with Gasteiger partial charge in [0.2, 0.25) is 11.7 Å². The number of rotatable bonds is 6. The van der Waals surface area contributed by atoms with Crippen molar-refractivity contribution < 1.29 is 23.8 Å². The Labute approximate surface area is 190 Å². The predicted octanol–water partition coefficient (Wildman–Crippen LogP) is 2.96. The summed E-state index contributed by atoms with van der Waals surface area (Å²) in [6, 6.07) is 11.9. The van der Waals surface area contributed by atoms with Gasteiger partial charge in [-0.3, -0.25) is 4.79 Å². The smallest absolute Gasteiger partial charge is 0.347 e. The van der Waals surface area contributed by atoms with Crippen LogP contribution in [-0.4, -0.2) is 53.5 Å². The lowest BCUT2D eigenvalue weighted by Crippen LogP contribution is -2.31. The highest BCUT2D eigenvalue weighted by Gasteiger charge is 2.40. The van der Waals surface area contributed by atoms with Crippen LogP contribution in [0, 0.1) is 0 Å². The van der Waals surface area contributed by atoms with Gasteiger partial charge in [0, 0.05) is 43.5 Å². The van der Waals surface area contributed by atoms with Crippen molar-refractivity contribution in [3.05, 3.63) is 82.7 Å². The van der Waals surface area contributed by atoms with Crippen molar-refractivity contribution in [1.29, 1.82) is 0 Å². The zero-order valence-electron chi connectivity index (χ0n) is 18.2. The molecule has 0 atom stereocenters. The number of ether oxygens (including phenoxy) is 3. The largest absolute Gasteiger partial charge is 0.459 e. The van der Waals surface area contributed by atoms with E-state index in [2.05, 4.69) is 16.0 Å². The summed E-state index contributed by atoms with van der Waals surface area (Å²) in [4.78, 5) is 35.5. The number of aromatic nitrogens is 2. The molecule has 4 heterocycles. The second-order valence-electron chi connectivity index (χ2n) is 7.83. The number of pyridine rings is 1. The fraction of sp³-hybridized carbons (Fsp3) is 0.240. The summed E-state index contributed by atoms with van der Waals surface area (Å²) in [6.45, 7) is 1.46. The molecule has 2 aliphatic heterocycles. The number of ketones is 1. The maximum absolute atomic E-state index is 13.3. The van der Waals surface area contributed by atoms with Crippen molar-refractivity contribution >= 4 is 28.9 Å². The Morgan fingerprint density at radius 1 is 1.21 bits per heavy atom. The van der Waals surface area contributed by atoms with Crippen LogP contribution in [-0.2, 0) is 36.8 Å². The van der Waals surface area contributed by atoms with E-state index in [4.69, 9.17) is 14.2 Å². The van der Waals surface area contributed by atoms with Gasteiger partial charge in [-0.05, 0) is 35.8 Å². The van der Waals surface area contributed by atoms with Gasteiger partial charge in [-0.25, -0.2) is 9.78 Å². The first-order valence-electron chi connectivity index (χ1n) is 10.7. The van der Waals surface area contributed by atoms with Crippen LogP contribution in [0.3, 0.4) is 0 Å². The number of hydrogen-bond acceptors (Lipinski definition) is 7. The number of carbonyl (C=O) groups excluding carboxylic acids is 2. The highest BCUT2D eigenvalue weighted by Crippen LogP contribution is 2.33. The normalized spacial score (nSPS) is 16.9. The summed E-state index contributed by atoms with van der Waals surface area (Å²) < 4.78 is 16.3. The fourth-order valence-corrected chi connectivity index (χ4v) is 4.12. The van der Waals surface area contributed by atoms with E-state index in [1.165, 1.54) is 12.7 Å². The molecule has 0 spiro atoms. The van der Waals surface area contributed by atoms with Gasteiger partial charge in [-0.15, -0.1) is 0 Å². The Morgan fingerprint density at radius 3 is 2.91 bits per heavy atom. The van der Waals surface area contributed by atoms with Gasteiger partial charge in [0.05, 0.1) is 6.61 Å². The number of methoxy groups -OCH3 is 1. The molecule has 3 aromatic rings. The molecular weight excluding hydrogens is 422 g/mol. The summed E-state index contributed by atoms with van der Waals surface area (Å²) in [5, 5.41) is 0.853. The maximum atomic E-state index is 13.3. The highest BCUT2D eigenvalue weighted by atomic mass is 16.6. The quantitative estimate of drug-likeness (QED) is 0.270. The standard InChI is InChI=1S/C25H23N3O5/c1-31-11-12-32-25(30)21-22(29)20(13-18-14-27-23-19(18)7-4-9-26-23)33-24(21)28-10-8-16-5-2-3-6-17(16)15-28/h2-7,9,13-14H,8,10-12,15H2,1H3,(H,26,27)/b20-13-. The molecule has 0 fully saturated rings. The highest BCUT2D eigenvalue weighted by molar-refractivity contribution is 6.26. The van der Waals surface area contributed by atoms with Gasteiger partial charge in [0.25, 0.3) is 0 Å². The molecule has 1 N–H and O–H groups in total. The Balaban J connectivity index is 1.49. The summed E-state index contributed by atoms with van der Waals surface area (Å²) in [6.07, 6.45) is 5.87. The number of H-pyrrole nitrogens is 1. The first-order valence-corrected chi connectivity index (χ1v) is 10.7. The van der Waals surface area contributed by atoms with Crippen molar-refractivity contribution in [2.24, 2.45) is 0 Å². The Hall–Kier alpha value is -3.91. The van der Waals surface area contributed by atoms with Crippen LogP contribution in [0.2, 0.25) is 0 Å². The second-order valence-corrected chi connectivity index (χ2v) is 7.83. The molecule has 33 heavy (non-hydrogen) atoms. The Morgan fingerprint density at radius 2 is 2.06 bits per heavy atom. The molecule has 2 aromatic heterocycles. The van der Waals surface area contributed by atoms with Gasteiger partial charge in [0.1, 0.15) is 12.3 Å². The van der Waals surface area contributed by atoms with Crippen LogP contribution in [0.15, 0.2) is 66.0 Å². The molecule has 0 saturated carbocycles. The lowest BCUT2D eigenvalue weighted by molar-refractivity contribution is -0.141. The topological polar surface area (TPSA) is 93.8 Å². The van der Waals surface area contributed by atoms with Crippen LogP contribution in [0.25, 0.3) is 17.1 Å². The van der Waals surface area contributed by atoms with Crippen molar-refractivity contribution in [3.63, 3.8) is 0 Å². The van der Waals surface area contributed by atoms with E-state index >= 15 is 0 Å². The molecule has 0 radical (unpaired) electrons. The summed E-state index contributed by atoms with van der Waals surface area (Å²) >= 11 is 0. The number of hydrogen-bond donors (Lipinski definition) is 1. The third-order valence-electron chi connectivity index (χ3n) is 5.78. The molecule has 8 nitrogen and oxygen atoms in total. The molecule has 168 valence electrons. The van der Waals surface area contributed by atoms with Gasteiger partial charge < -0.3 is 24.1 Å². The molecule has 0 saturated heterocycles. The fourth-order valence-electron chi connectivity index (χ4n) is 4.12. The van der Waals surface area contributed by atoms with E-state index in [0.29, 0.717) is 18.7 Å². The van der Waals surface area contributed by atoms with Gasteiger partial charge in [-0.2, -0.15) is 0 Å². The number of nitrogens with one attached hydrogen (secondary N) is 1. The number of nitrogens with zero attached hydrogens (tertiary/aromatic N) is 2. The van der Waals surface area contributed by atoms with Crippen LogP contribution < -0.4 is 0 Å². The van der Waals surface area contributed by atoms with E-state index in [-0.39, 0.29) is 30.4 Å². The number of benzene rings is 1. The third kappa shape index (κ3) is 4.01. The monoisotopic (exact) mass is 445 g/mol. The molecule has 0 unspecified atom stereocenters. The second kappa shape index (κ2) is 8.91.